The molecule has 1 atom stereocenters. The number of aliphatic imine (C=N–C) groups is 1. The van der Waals surface area contributed by atoms with Gasteiger partial charge >= 0.3 is 0 Å². The second-order valence-electron chi connectivity index (χ2n) is 6.62. The van der Waals surface area contributed by atoms with E-state index in [-0.39, 0.29) is 29.9 Å². The van der Waals surface area contributed by atoms with Gasteiger partial charge < -0.3 is 21.1 Å². The second kappa shape index (κ2) is 13.7. The van der Waals surface area contributed by atoms with Crippen LogP contribution in [0.1, 0.15) is 50.4 Å². The summed E-state index contributed by atoms with van der Waals surface area (Å²) in [6.07, 6.45) is 3.47. The molecule has 0 aromatic heterocycles. The lowest BCUT2D eigenvalue weighted by Gasteiger charge is -2.15. The van der Waals surface area contributed by atoms with E-state index in [1.54, 1.807) is 31.4 Å². The van der Waals surface area contributed by atoms with Gasteiger partial charge in [0.2, 0.25) is 0 Å². The van der Waals surface area contributed by atoms with Crippen molar-refractivity contribution < 1.29 is 9.53 Å². The lowest BCUT2D eigenvalue weighted by Crippen LogP contribution is -2.39. The first-order valence-electron chi connectivity index (χ1n) is 8.91. The van der Waals surface area contributed by atoms with E-state index < -0.39 is 0 Å². The molecular weight excluding hydrogens is 443 g/mol. The number of halogens is 1. The summed E-state index contributed by atoms with van der Waals surface area (Å²) in [6, 6.07) is 7.34. The van der Waals surface area contributed by atoms with Gasteiger partial charge in [-0.05, 0) is 37.5 Å². The molecule has 0 saturated heterocycles. The van der Waals surface area contributed by atoms with Gasteiger partial charge in [0.15, 0.2) is 5.96 Å². The van der Waals surface area contributed by atoms with Crippen molar-refractivity contribution >= 4 is 35.8 Å². The van der Waals surface area contributed by atoms with Crippen LogP contribution < -0.4 is 21.1 Å². The van der Waals surface area contributed by atoms with Crippen LogP contribution in [0.5, 0.6) is 5.75 Å². The fourth-order valence-corrected chi connectivity index (χ4v) is 2.41. The molecule has 0 radical (unpaired) electrons. The van der Waals surface area contributed by atoms with Gasteiger partial charge in [0.25, 0.3) is 5.91 Å². The minimum absolute atomic E-state index is 0. The molecule has 1 aromatic rings. The highest BCUT2D eigenvalue weighted by Crippen LogP contribution is 2.12. The Bertz CT molecular complexity index is 564. The van der Waals surface area contributed by atoms with Crippen LogP contribution in [-0.4, -0.2) is 38.1 Å². The zero-order chi connectivity index (χ0) is 18.7. The van der Waals surface area contributed by atoms with Gasteiger partial charge in [0.05, 0.1) is 13.7 Å². The van der Waals surface area contributed by atoms with Crippen molar-refractivity contribution in [1.82, 2.24) is 10.6 Å². The lowest BCUT2D eigenvalue weighted by molar-refractivity contribution is 0.0954. The topological polar surface area (TPSA) is 88.7 Å². The molecule has 0 bridgehead atoms. The van der Waals surface area contributed by atoms with E-state index >= 15 is 0 Å². The summed E-state index contributed by atoms with van der Waals surface area (Å²) >= 11 is 0. The third-order valence-corrected chi connectivity index (χ3v) is 3.82. The number of hydrogen-bond donors (Lipinski definition) is 3. The molecule has 26 heavy (non-hydrogen) atoms. The monoisotopic (exact) mass is 476 g/mol. The molecule has 4 N–H and O–H groups in total. The largest absolute Gasteiger partial charge is 0.497 e. The first-order valence-corrected chi connectivity index (χ1v) is 8.91. The maximum Gasteiger partial charge on any atom is 0.251 e. The molecule has 148 valence electrons. The highest BCUT2D eigenvalue weighted by Gasteiger charge is 2.06. The van der Waals surface area contributed by atoms with Crippen LogP contribution in [0.25, 0.3) is 0 Å². The lowest BCUT2D eigenvalue weighted by atomic mass is 10.0. The van der Waals surface area contributed by atoms with Crippen LogP contribution in [0.3, 0.4) is 0 Å². The molecule has 1 aromatic carbocycles. The quantitative estimate of drug-likeness (QED) is 0.210. The molecular formula is C19H33IN4O2. The molecule has 0 spiro atoms. The van der Waals surface area contributed by atoms with Crippen molar-refractivity contribution in [2.24, 2.45) is 16.6 Å². The summed E-state index contributed by atoms with van der Waals surface area (Å²) in [4.78, 5) is 16.3. The van der Waals surface area contributed by atoms with E-state index in [0.717, 1.165) is 12.3 Å². The van der Waals surface area contributed by atoms with Crippen molar-refractivity contribution in [3.8, 4) is 5.75 Å². The second-order valence-corrected chi connectivity index (χ2v) is 6.62. The van der Waals surface area contributed by atoms with Gasteiger partial charge in [-0.3, -0.25) is 9.79 Å². The zero-order valence-electron chi connectivity index (χ0n) is 16.2. The number of nitrogens with one attached hydrogen (secondary N) is 2. The Morgan fingerprint density at radius 3 is 2.65 bits per heavy atom. The summed E-state index contributed by atoms with van der Waals surface area (Å²) in [5, 5.41) is 6.01. The summed E-state index contributed by atoms with van der Waals surface area (Å²) in [5.41, 5.74) is 6.44. The summed E-state index contributed by atoms with van der Waals surface area (Å²) in [7, 11) is 1.57. The van der Waals surface area contributed by atoms with Crippen molar-refractivity contribution in [3.05, 3.63) is 29.8 Å². The van der Waals surface area contributed by atoms with Crippen LogP contribution in [0.2, 0.25) is 0 Å². The van der Waals surface area contributed by atoms with Gasteiger partial charge in [0.1, 0.15) is 5.75 Å². The van der Waals surface area contributed by atoms with Gasteiger partial charge in [-0.1, -0.05) is 32.8 Å². The highest BCUT2D eigenvalue weighted by atomic mass is 127. The third kappa shape index (κ3) is 10.5. The number of carbonyl (C=O) groups is 1. The van der Waals surface area contributed by atoms with Crippen LogP contribution in [0, 0.1) is 5.92 Å². The fourth-order valence-electron chi connectivity index (χ4n) is 2.41. The maximum absolute atomic E-state index is 12.0. The number of hydrogen-bond acceptors (Lipinski definition) is 3. The summed E-state index contributed by atoms with van der Waals surface area (Å²) in [5.74, 6) is 1.66. The average Bonchev–Trinajstić information content (AvgIpc) is 2.58. The van der Waals surface area contributed by atoms with E-state index in [2.05, 4.69) is 36.4 Å². The van der Waals surface area contributed by atoms with Gasteiger partial charge in [-0.25, -0.2) is 0 Å². The highest BCUT2D eigenvalue weighted by molar-refractivity contribution is 14.0. The number of carbonyl (C=O) groups excluding carboxylic acids is 1. The standard InChI is InChI=1S/C19H32N4O2.HI/c1-14(2)7-5-8-15(3)23-19(20)22-12-11-21-18(24)16-9-6-10-17(13-16)25-4;/h6,9-10,13-15H,5,7-8,11-12H2,1-4H3,(H,21,24)(H3,20,22,23);1H. The van der Waals surface area contributed by atoms with E-state index in [1.807, 2.05) is 0 Å². The van der Waals surface area contributed by atoms with E-state index in [4.69, 9.17) is 10.5 Å². The first-order chi connectivity index (χ1) is 11.9. The molecule has 0 aliphatic carbocycles. The van der Waals surface area contributed by atoms with E-state index in [0.29, 0.717) is 36.4 Å². The Balaban J connectivity index is 0.00000625. The normalized spacial score (nSPS) is 12.3. The third-order valence-electron chi connectivity index (χ3n) is 3.82. The minimum Gasteiger partial charge on any atom is -0.497 e. The number of nitrogens with zero attached hydrogens (tertiary/aromatic N) is 1. The molecule has 0 heterocycles. The number of benzene rings is 1. The molecule has 1 rings (SSSR count). The number of rotatable bonds is 10. The smallest absolute Gasteiger partial charge is 0.251 e. The molecule has 1 unspecified atom stereocenters. The van der Waals surface area contributed by atoms with Gasteiger partial charge in [-0.15, -0.1) is 24.0 Å². The Kier molecular flexibility index (Phi) is 12.9. The van der Waals surface area contributed by atoms with Crippen LogP contribution in [-0.2, 0) is 0 Å². The maximum atomic E-state index is 12.0. The number of nitrogens with two attached hydrogens (primary N) is 1. The average molecular weight is 476 g/mol. The van der Waals surface area contributed by atoms with Crippen molar-refractivity contribution in [2.75, 3.05) is 20.2 Å². The number of guanidine groups is 1. The minimum atomic E-state index is -0.150. The molecule has 0 fully saturated rings. The SMILES string of the molecule is COc1cccc(C(=O)NCCN=C(N)NC(C)CCCC(C)C)c1.I. The molecule has 0 saturated carbocycles. The van der Waals surface area contributed by atoms with Crippen LogP contribution in [0.4, 0.5) is 0 Å². The number of ether oxygens (including phenoxy) is 1. The Morgan fingerprint density at radius 2 is 2.00 bits per heavy atom. The molecule has 7 heteroatoms. The first kappa shape index (κ1) is 24.5. The number of methoxy groups -OCH3 is 1. The van der Waals surface area contributed by atoms with Crippen LogP contribution in [0.15, 0.2) is 29.3 Å². The van der Waals surface area contributed by atoms with E-state index in [9.17, 15) is 4.79 Å². The molecule has 6 nitrogen and oxygen atoms in total. The van der Waals surface area contributed by atoms with E-state index in [1.165, 1.54) is 12.8 Å². The molecule has 0 aliphatic rings. The Morgan fingerprint density at radius 1 is 1.27 bits per heavy atom. The predicted octanol–water partition coefficient (Wildman–Crippen LogP) is 3.16. The Labute approximate surface area is 174 Å². The predicted molar refractivity (Wildman–Crippen MR) is 119 cm³/mol. The molecule has 1 amide bonds. The fraction of sp³-hybridized carbons (Fsp3) is 0.579. The Hall–Kier alpha value is -1.51. The van der Waals surface area contributed by atoms with Crippen LogP contribution >= 0.6 is 24.0 Å². The molecule has 0 aliphatic heterocycles. The van der Waals surface area contributed by atoms with Crippen molar-refractivity contribution in [1.29, 1.82) is 0 Å². The van der Waals surface area contributed by atoms with Crippen molar-refractivity contribution in [3.63, 3.8) is 0 Å². The summed E-state index contributed by atoms with van der Waals surface area (Å²) < 4.78 is 5.11. The zero-order valence-corrected chi connectivity index (χ0v) is 18.6. The summed E-state index contributed by atoms with van der Waals surface area (Å²) in [6.45, 7) is 7.43. The van der Waals surface area contributed by atoms with Gasteiger partial charge in [0, 0.05) is 18.2 Å². The number of amides is 1. The van der Waals surface area contributed by atoms with Crippen molar-refractivity contribution in [2.45, 2.75) is 46.1 Å². The van der Waals surface area contributed by atoms with Gasteiger partial charge in [-0.2, -0.15) is 0 Å².